The number of aromatic nitrogens is 1. The summed E-state index contributed by atoms with van der Waals surface area (Å²) in [5.41, 5.74) is 0.272. The number of carbonyl (C=O) groups excluding carboxylic acids is 1. The van der Waals surface area contributed by atoms with E-state index in [-0.39, 0.29) is 11.4 Å². The van der Waals surface area contributed by atoms with Gasteiger partial charge in [0.2, 0.25) is 0 Å². The standard InChI is InChI=1S/C8H10N2O2/c1-9-7-4-3-6(5-10-7)8(11)12-2/h3-5H,1-2H3,(H,9,10)/i1D3. The van der Waals surface area contributed by atoms with Crippen LogP contribution in [0.4, 0.5) is 5.82 Å². The van der Waals surface area contributed by atoms with Gasteiger partial charge in [-0.2, -0.15) is 0 Å². The molecule has 1 rings (SSSR count). The maximum Gasteiger partial charge on any atom is 0.339 e. The van der Waals surface area contributed by atoms with Crippen molar-refractivity contribution in [3.05, 3.63) is 23.9 Å². The van der Waals surface area contributed by atoms with Crippen molar-refractivity contribution < 1.29 is 13.6 Å². The first-order valence-corrected chi connectivity index (χ1v) is 3.25. The Morgan fingerprint density at radius 2 is 2.58 bits per heavy atom. The number of nitrogens with one attached hydrogen (secondary N) is 1. The van der Waals surface area contributed by atoms with Crippen molar-refractivity contribution in [2.24, 2.45) is 0 Å². The summed E-state index contributed by atoms with van der Waals surface area (Å²) in [4.78, 5) is 14.8. The van der Waals surface area contributed by atoms with Gasteiger partial charge in [-0.15, -0.1) is 0 Å². The third kappa shape index (κ3) is 1.72. The maximum absolute atomic E-state index is 11.0. The summed E-state index contributed by atoms with van der Waals surface area (Å²) in [6.45, 7) is -2.29. The van der Waals surface area contributed by atoms with E-state index in [9.17, 15) is 4.79 Å². The van der Waals surface area contributed by atoms with Crippen LogP contribution in [0.25, 0.3) is 0 Å². The third-order valence-corrected chi connectivity index (χ3v) is 1.31. The quantitative estimate of drug-likeness (QED) is 0.668. The number of pyridine rings is 1. The monoisotopic (exact) mass is 169 g/mol. The van der Waals surface area contributed by atoms with Crippen LogP contribution in [0.15, 0.2) is 18.3 Å². The normalized spacial score (nSPS) is 13.9. The van der Waals surface area contributed by atoms with Crippen LogP contribution in [-0.2, 0) is 4.74 Å². The first-order valence-electron chi connectivity index (χ1n) is 4.75. The highest BCUT2D eigenvalue weighted by atomic mass is 16.5. The molecule has 0 saturated heterocycles. The summed E-state index contributed by atoms with van der Waals surface area (Å²) < 4.78 is 25.3. The minimum absolute atomic E-state index is 0.183. The fourth-order valence-corrected chi connectivity index (χ4v) is 0.706. The summed E-state index contributed by atoms with van der Waals surface area (Å²) in [6.07, 6.45) is 1.25. The van der Waals surface area contributed by atoms with Crippen molar-refractivity contribution in [3.63, 3.8) is 0 Å². The van der Waals surface area contributed by atoms with Crippen LogP contribution in [0, 0.1) is 0 Å². The molecule has 0 aliphatic carbocycles. The molecule has 1 N–H and O–H groups in total. The lowest BCUT2D eigenvalue weighted by molar-refractivity contribution is 0.0600. The van der Waals surface area contributed by atoms with Crippen molar-refractivity contribution in [2.75, 3.05) is 19.4 Å². The van der Waals surface area contributed by atoms with Crippen molar-refractivity contribution in [1.82, 2.24) is 4.98 Å². The second kappa shape index (κ2) is 3.71. The molecular weight excluding hydrogens is 156 g/mol. The lowest BCUT2D eigenvalue weighted by Gasteiger charge is -2.00. The zero-order valence-corrected chi connectivity index (χ0v) is 6.50. The Labute approximate surface area is 74.8 Å². The maximum atomic E-state index is 11.0. The van der Waals surface area contributed by atoms with Gasteiger partial charge < -0.3 is 10.1 Å². The number of nitrogens with zero attached hydrogens (tertiary/aromatic N) is 1. The molecule has 0 radical (unpaired) electrons. The molecule has 4 heteroatoms. The molecule has 1 aromatic heterocycles. The van der Waals surface area contributed by atoms with Crippen LogP contribution in [0.5, 0.6) is 0 Å². The summed E-state index contributed by atoms with van der Waals surface area (Å²) in [5.74, 6) is -0.328. The van der Waals surface area contributed by atoms with Gasteiger partial charge in [0.05, 0.1) is 12.7 Å². The molecule has 0 fully saturated rings. The van der Waals surface area contributed by atoms with E-state index in [1.165, 1.54) is 25.4 Å². The first kappa shape index (κ1) is 5.13. The van der Waals surface area contributed by atoms with Crippen LogP contribution in [0.3, 0.4) is 0 Å². The molecule has 0 aliphatic rings. The van der Waals surface area contributed by atoms with Gasteiger partial charge in [0.15, 0.2) is 0 Å². The molecule has 1 aromatic rings. The smallest absolute Gasteiger partial charge is 0.339 e. The predicted molar refractivity (Wildman–Crippen MR) is 45.1 cm³/mol. The van der Waals surface area contributed by atoms with Crippen LogP contribution in [-0.4, -0.2) is 25.0 Å². The first-order chi connectivity index (χ1) is 6.92. The highest BCUT2D eigenvalue weighted by Gasteiger charge is 2.03. The summed E-state index contributed by atoms with van der Waals surface area (Å²) in [5, 5.41) is 2.20. The molecule has 12 heavy (non-hydrogen) atoms. The van der Waals surface area contributed by atoms with E-state index in [2.05, 4.69) is 15.0 Å². The Bertz CT molecular complexity index is 348. The minimum atomic E-state index is -2.29. The molecule has 0 bridgehead atoms. The second-order valence-electron chi connectivity index (χ2n) is 2.05. The topological polar surface area (TPSA) is 51.2 Å². The van der Waals surface area contributed by atoms with Crippen molar-refractivity contribution in [1.29, 1.82) is 0 Å². The van der Waals surface area contributed by atoms with Crippen LogP contribution >= 0.6 is 0 Å². The summed E-state index contributed by atoms with van der Waals surface area (Å²) in [7, 11) is 1.26. The van der Waals surface area contributed by atoms with E-state index in [4.69, 9.17) is 4.11 Å². The third-order valence-electron chi connectivity index (χ3n) is 1.31. The van der Waals surface area contributed by atoms with Gasteiger partial charge in [0.1, 0.15) is 5.82 Å². The zero-order chi connectivity index (χ0) is 11.5. The number of rotatable bonds is 2. The van der Waals surface area contributed by atoms with Gasteiger partial charge in [0.25, 0.3) is 0 Å². The lowest BCUT2D eigenvalue weighted by atomic mass is 10.3. The van der Waals surface area contributed by atoms with E-state index >= 15 is 0 Å². The van der Waals surface area contributed by atoms with Gasteiger partial charge >= 0.3 is 5.97 Å². The Balaban J connectivity index is 2.77. The predicted octanol–water partition coefficient (Wildman–Crippen LogP) is 0.910. The van der Waals surface area contributed by atoms with Gasteiger partial charge in [-0.25, -0.2) is 9.78 Å². The largest absolute Gasteiger partial charge is 0.465 e. The van der Waals surface area contributed by atoms with Crippen LogP contribution < -0.4 is 5.32 Å². The number of ether oxygens (including phenoxy) is 1. The van der Waals surface area contributed by atoms with Crippen molar-refractivity contribution in [2.45, 2.75) is 0 Å². The van der Waals surface area contributed by atoms with Crippen LogP contribution in [0.2, 0.25) is 0 Å². The number of anilines is 1. The molecule has 0 aliphatic heterocycles. The molecule has 1 heterocycles. The molecule has 64 valence electrons. The van der Waals surface area contributed by atoms with Gasteiger partial charge in [-0.05, 0) is 12.1 Å². The average molecular weight is 169 g/mol. The number of hydrogen-bond donors (Lipinski definition) is 1. The number of methoxy groups -OCH3 is 1. The van der Waals surface area contributed by atoms with Gasteiger partial charge in [0, 0.05) is 17.3 Å². The zero-order valence-electron chi connectivity index (χ0n) is 9.50. The Morgan fingerprint density at radius 3 is 3.08 bits per heavy atom. The molecule has 0 atom stereocenters. The van der Waals surface area contributed by atoms with E-state index < -0.39 is 12.9 Å². The van der Waals surface area contributed by atoms with Gasteiger partial charge in [-0.1, -0.05) is 0 Å². The molecule has 0 aromatic carbocycles. The van der Waals surface area contributed by atoms with Gasteiger partial charge in [-0.3, -0.25) is 0 Å². The average Bonchev–Trinajstić information content (AvgIpc) is 2.15. The molecule has 0 unspecified atom stereocenters. The summed E-state index contributed by atoms with van der Waals surface area (Å²) >= 11 is 0. The van der Waals surface area contributed by atoms with Crippen molar-refractivity contribution >= 4 is 11.8 Å². The highest BCUT2D eigenvalue weighted by Crippen LogP contribution is 2.04. The van der Waals surface area contributed by atoms with E-state index in [1.807, 2.05) is 0 Å². The highest BCUT2D eigenvalue weighted by molar-refractivity contribution is 5.89. The van der Waals surface area contributed by atoms with E-state index in [1.54, 1.807) is 0 Å². The molecule has 0 spiro atoms. The Morgan fingerprint density at radius 1 is 1.75 bits per heavy atom. The number of esters is 1. The minimum Gasteiger partial charge on any atom is -0.465 e. The van der Waals surface area contributed by atoms with Crippen LogP contribution in [0.1, 0.15) is 14.5 Å². The molecule has 0 saturated carbocycles. The fourth-order valence-electron chi connectivity index (χ4n) is 0.706. The molecular formula is C8H10N2O2. The molecule has 0 amide bonds. The number of hydrogen-bond acceptors (Lipinski definition) is 4. The summed E-state index contributed by atoms with van der Waals surface area (Å²) in [6, 6.07) is 2.84. The Hall–Kier alpha value is -1.58. The van der Waals surface area contributed by atoms with E-state index in [0.29, 0.717) is 0 Å². The van der Waals surface area contributed by atoms with E-state index in [0.717, 1.165) is 0 Å². The fraction of sp³-hybridized carbons (Fsp3) is 0.250. The SMILES string of the molecule is [2H]C([2H])([2H])Nc1ccc(C(=O)OC)cn1. The lowest BCUT2D eigenvalue weighted by Crippen LogP contribution is -2.02. The molecule has 4 nitrogen and oxygen atoms in total. The Kier molecular flexibility index (Phi) is 1.59. The number of carbonyl (C=O) groups is 1. The van der Waals surface area contributed by atoms with Crippen molar-refractivity contribution in [3.8, 4) is 0 Å². The second-order valence-corrected chi connectivity index (χ2v) is 2.05.